The number of thioether (sulfide) groups is 1. The van der Waals surface area contributed by atoms with Gasteiger partial charge in [0, 0.05) is 11.8 Å². The number of thiophene rings is 1. The highest BCUT2D eigenvalue weighted by atomic mass is 32.2. The summed E-state index contributed by atoms with van der Waals surface area (Å²) < 4.78 is 7.73. The van der Waals surface area contributed by atoms with E-state index in [4.69, 9.17) is 21.7 Å². The van der Waals surface area contributed by atoms with Crippen LogP contribution >= 0.6 is 35.3 Å². The van der Waals surface area contributed by atoms with Crippen molar-refractivity contribution in [2.24, 2.45) is 0 Å². The number of aromatic nitrogens is 2. The predicted octanol–water partition coefficient (Wildman–Crippen LogP) is 5.60. The largest absolute Gasteiger partial charge is 0.467 e. The lowest BCUT2D eigenvalue weighted by molar-refractivity contribution is -0.122. The van der Waals surface area contributed by atoms with Crippen molar-refractivity contribution in [3.63, 3.8) is 0 Å². The van der Waals surface area contributed by atoms with Crippen LogP contribution < -0.4 is 0 Å². The van der Waals surface area contributed by atoms with Gasteiger partial charge in [0.05, 0.1) is 28.3 Å². The summed E-state index contributed by atoms with van der Waals surface area (Å²) in [4.78, 5) is 16.2. The van der Waals surface area contributed by atoms with Crippen molar-refractivity contribution >= 4 is 51.6 Å². The molecule has 0 saturated carbocycles. The van der Waals surface area contributed by atoms with Crippen molar-refractivity contribution in [3.05, 3.63) is 88.7 Å². The highest BCUT2D eigenvalue weighted by molar-refractivity contribution is 8.26. The van der Waals surface area contributed by atoms with E-state index in [1.807, 2.05) is 70.9 Å². The molecule has 4 aromatic rings. The summed E-state index contributed by atoms with van der Waals surface area (Å²) >= 11 is 8.36. The molecule has 30 heavy (non-hydrogen) atoms. The Morgan fingerprint density at radius 3 is 2.70 bits per heavy atom. The van der Waals surface area contributed by atoms with Crippen molar-refractivity contribution in [3.8, 4) is 16.3 Å². The van der Waals surface area contributed by atoms with Crippen molar-refractivity contribution in [1.29, 1.82) is 0 Å². The molecular weight excluding hydrogens is 434 g/mol. The molecule has 1 aromatic carbocycles. The first-order chi connectivity index (χ1) is 14.7. The molecule has 1 amide bonds. The maximum absolute atomic E-state index is 13.0. The molecule has 8 heteroatoms. The maximum Gasteiger partial charge on any atom is 0.266 e. The van der Waals surface area contributed by atoms with Gasteiger partial charge >= 0.3 is 0 Å². The van der Waals surface area contributed by atoms with Gasteiger partial charge in [-0.15, -0.1) is 11.3 Å². The first-order valence-corrected chi connectivity index (χ1v) is 11.3. The van der Waals surface area contributed by atoms with E-state index < -0.39 is 0 Å². The molecular formula is C22H15N3O2S3. The molecule has 3 aromatic heterocycles. The summed E-state index contributed by atoms with van der Waals surface area (Å²) in [6.07, 6.45) is 5.42. The number of carbonyl (C=O) groups excluding carboxylic acids is 1. The van der Waals surface area contributed by atoms with Crippen LogP contribution in [0.2, 0.25) is 0 Å². The van der Waals surface area contributed by atoms with Gasteiger partial charge in [-0.2, -0.15) is 5.10 Å². The monoisotopic (exact) mass is 449 g/mol. The van der Waals surface area contributed by atoms with Crippen LogP contribution in [-0.2, 0) is 11.3 Å². The van der Waals surface area contributed by atoms with Crippen LogP contribution in [0.4, 0.5) is 0 Å². The van der Waals surface area contributed by atoms with Crippen molar-refractivity contribution < 1.29 is 9.21 Å². The third-order valence-electron chi connectivity index (χ3n) is 4.57. The summed E-state index contributed by atoms with van der Waals surface area (Å²) in [5.74, 6) is 0.578. The van der Waals surface area contributed by atoms with Gasteiger partial charge in [0.1, 0.15) is 15.8 Å². The molecule has 0 radical (unpaired) electrons. The average molecular weight is 450 g/mol. The molecule has 0 atom stereocenters. The molecule has 148 valence electrons. The predicted molar refractivity (Wildman–Crippen MR) is 124 cm³/mol. The van der Waals surface area contributed by atoms with Gasteiger partial charge < -0.3 is 4.42 Å². The molecule has 0 aliphatic carbocycles. The zero-order valence-corrected chi connectivity index (χ0v) is 18.0. The molecule has 5 nitrogen and oxygen atoms in total. The standard InChI is InChI=1S/C22H15N3O2S3/c26-21-19(30-22(28)24(21)14-17-8-4-10-27-17)12-15-13-25(16-6-2-1-3-7-16)23-20(15)18-9-5-11-29-18/h1-13H,14H2. The van der Waals surface area contributed by atoms with Crippen LogP contribution in [-0.4, -0.2) is 24.9 Å². The second-order valence-corrected chi connectivity index (χ2v) is 9.16. The molecule has 1 aliphatic heterocycles. The minimum absolute atomic E-state index is 0.119. The molecule has 1 saturated heterocycles. The Kier molecular flexibility index (Phi) is 5.12. The van der Waals surface area contributed by atoms with Gasteiger partial charge in [0.2, 0.25) is 0 Å². The average Bonchev–Trinajstić information content (AvgIpc) is 3.55. The second-order valence-electron chi connectivity index (χ2n) is 6.54. The van der Waals surface area contributed by atoms with Crippen LogP contribution in [0.5, 0.6) is 0 Å². The minimum atomic E-state index is -0.119. The van der Waals surface area contributed by atoms with E-state index >= 15 is 0 Å². The number of para-hydroxylation sites is 1. The van der Waals surface area contributed by atoms with E-state index in [2.05, 4.69) is 0 Å². The quantitative estimate of drug-likeness (QED) is 0.293. The first kappa shape index (κ1) is 19.0. The lowest BCUT2D eigenvalue weighted by Gasteiger charge is -2.11. The smallest absolute Gasteiger partial charge is 0.266 e. The van der Waals surface area contributed by atoms with Crippen LogP contribution in [0.1, 0.15) is 11.3 Å². The van der Waals surface area contributed by atoms with Gasteiger partial charge in [-0.1, -0.05) is 48.2 Å². The second kappa shape index (κ2) is 8.06. The number of furan rings is 1. The van der Waals surface area contributed by atoms with Gasteiger partial charge in [-0.3, -0.25) is 9.69 Å². The summed E-state index contributed by atoms with van der Waals surface area (Å²) in [5.41, 5.74) is 2.67. The Morgan fingerprint density at radius 2 is 1.97 bits per heavy atom. The minimum Gasteiger partial charge on any atom is -0.467 e. The molecule has 1 aliphatic rings. The number of hydrogen-bond donors (Lipinski definition) is 0. The van der Waals surface area contributed by atoms with E-state index in [0.717, 1.165) is 21.8 Å². The van der Waals surface area contributed by atoms with Crippen molar-refractivity contribution in [1.82, 2.24) is 14.7 Å². The first-order valence-electron chi connectivity index (χ1n) is 9.16. The fourth-order valence-corrected chi connectivity index (χ4v) is 5.12. The maximum atomic E-state index is 13.0. The Labute approximate surface area is 186 Å². The Hall–Kier alpha value is -2.94. The molecule has 0 spiro atoms. The van der Waals surface area contributed by atoms with E-state index in [1.165, 1.54) is 11.8 Å². The number of benzene rings is 1. The summed E-state index contributed by atoms with van der Waals surface area (Å²) in [5, 5.41) is 6.81. The number of carbonyl (C=O) groups is 1. The highest BCUT2D eigenvalue weighted by Crippen LogP contribution is 2.36. The van der Waals surface area contributed by atoms with Gasteiger partial charge in [-0.05, 0) is 41.8 Å². The Morgan fingerprint density at radius 1 is 1.10 bits per heavy atom. The number of rotatable bonds is 5. The van der Waals surface area contributed by atoms with E-state index in [0.29, 0.717) is 21.5 Å². The molecule has 0 N–H and O–H groups in total. The number of nitrogens with zero attached hydrogens (tertiary/aromatic N) is 3. The molecule has 0 unspecified atom stereocenters. The van der Waals surface area contributed by atoms with Crippen LogP contribution in [0.3, 0.4) is 0 Å². The number of amides is 1. The SMILES string of the molecule is O=C1C(=Cc2cn(-c3ccccc3)nc2-c2cccs2)SC(=S)N1Cc1ccco1. The lowest BCUT2D eigenvalue weighted by atomic mass is 10.2. The van der Waals surface area contributed by atoms with Crippen LogP contribution in [0, 0.1) is 0 Å². The lowest BCUT2D eigenvalue weighted by Crippen LogP contribution is -2.27. The van der Waals surface area contributed by atoms with Crippen LogP contribution in [0.15, 0.2) is 81.8 Å². The Bertz CT molecular complexity index is 1230. The van der Waals surface area contributed by atoms with Gasteiger partial charge in [-0.25, -0.2) is 4.68 Å². The van der Waals surface area contributed by atoms with Crippen molar-refractivity contribution in [2.75, 3.05) is 0 Å². The number of hydrogen-bond acceptors (Lipinski definition) is 6. The summed E-state index contributed by atoms with van der Waals surface area (Å²) in [6.45, 7) is 0.329. The fourth-order valence-electron chi connectivity index (χ4n) is 3.15. The third kappa shape index (κ3) is 3.65. The summed E-state index contributed by atoms with van der Waals surface area (Å²) in [6, 6.07) is 17.6. The zero-order chi connectivity index (χ0) is 20.5. The molecule has 0 bridgehead atoms. The van der Waals surface area contributed by atoms with Crippen LogP contribution in [0.25, 0.3) is 22.3 Å². The Balaban J connectivity index is 1.52. The normalized spacial score (nSPS) is 15.5. The summed E-state index contributed by atoms with van der Waals surface area (Å²) in [7, 11) is 0. The van der Waals surface area contributed by atoms with E-state index in [-0.39, 0.29) is 5.91 Å². The van der Waals surface area contributed by atoms with Crippen molar-refractivity contribution in [2.45, 2.75) is 6.54 Å². The molecule has 5 rings (SSSR count). The fraction of sp³-hybridized carbons (Fsp3) is 0.0455. The highest BCUT2D eigenvalue weighted by Gasteiger charge is 2.33. The zero-order valence-electron chi connectivity index (χ0n) is 15.6. The van der Waals surface area contributed by atoms with E-state index in [9.17, 15) is 4.79 Å². The van der Waals surface area contributed by atoms with Gasteiger partial charge in [0.15, 0.2) is 0 Å². The third-order valence-corrected chi connectivity index (χ3v) is 6.83. The molecule has 4 heterocycles. The van der Waals surface area contributed by atoms with Gasteiger partial charge in [0.25, 0.3) is 5.91 Å². The molecule has 1 fully saturated rings. The topological polar surface area (TPSA) is 51.3 Å². The van der Waals surface area contributed by atoms with E-state index in [1.54, 1.807) is 28.6 Å². The number of thiocarbonyl (C=S) groups is 1.